The van der Waals surface area contributed by atoms with Crippen LogP contribution in [0.2, 0.25) is 0 Å². The molecule has 0 bridgehead atoms. The van der Waals surface area contributed by atoms with Crippen LogP contribution in [0, 0.1) is 19.8 Å². The van der Waals surface area contributed by atoms with Gasteiger partial charge in [-0.05, 0) is 49.3 Å². The zero-order chi connectivity index (χ0) is 12.4. The summed E-state index contributed by atoms with van der Waals surface area (Å²) in [5, 5.41) is 9.76. The van der Waals surface area contributed by atoms with Crippen LogP contribution >= 0.6 is 12.4 Å². The number of ether oxygens (including phenoxy) is 1. The Bertz CT molecular complexity index is 380. The summed E-state index contributed by atoms with van der Waals surface area (Å²) in [5.41, 5.74) is 9.26. The quantitative estimate of drug-likeness (QED) is 0.870. The monoisotopic (exact) mass is 271 g/mol. The third kappa shape index (κ3) is 3.16. The average molecular weight is 272 g/mol. The molecule has 1 heterocycles. The Morgan fingerprint density at radius 3 is 2.22 bits per heavy atom. The number of benzene rings is 1. The molecule has 1 atom stereocenters. The summed E-state index contributed by atoms with van der Waals surface area (Å²) in [7, 11) is 0. The van der Waals surface area contributed by atoms with Crippen molar-refractivity contribution in [2.75, 3.05) is 13.2 Å². The molecule has 3 nitrogen and oxygen atoms in total. The first-order valence-electron chi connectivity index (χ1n) is 6.23. The number of rotatable bonds is 2. The van der Waals surface area contributed by atoms with E-state index in [0.717, 1.165) is 42.7 Å². The molecule has 1 saturated heterocycles. The summed E-state index contributed by atoms with van der Waals surface area (Å²) in [4.78, 5) is 0. The highest BCUT2D eigenvalue weighted by Crippen LogP contribution is 2.32. The standard InChI is InChI=1S/C14H21NO2.ClH/c1-9-7-12(8-10(2)14(9)16)13(15)11-3-5-17-6-4-11;/h7-8,11,13,16H,3-6,15H2,1-2H3;1H/t13-;/m0./s1. The van der Waals surface area contributed by atoms with Crippen molar-refractivity contribution in [1.29, 1.82) is 0 Å². The van der Waals surface area contributed by atoms with Gasteiger partial charge in [-0.15, -0.1) is 12.4 Å². The molecule has 4 heteroatoms. The van der Waals surface area contributed by atoms with E-state index in [9.17, 15) is 5.11 Å². The summed E-state index contributed by atoms with van der Waals surface area (Å²) in [5.74, 6) is 0.875. The van der Waals surface area contributed by atoms with Crippen molar-refractivity contribution in [3.63, 3.8) is 0 Å². The number of aryl methyl sites for hydroxylation is 2. The van der Waals surface area contributed by atoms with Gasteiger partial charge >= 0.3 is 0 Å². The third-order valence-corrected chi connectivity index (χ3v) is 3.67. The molecule has 18 heavy (non-hydrogen) atoms. The van der Waals surface area contributed by atoms with Crippen LogP contribution in [0.15, 0.2) is 12.1 Å². The van der Waals surface area contributed by atoms with E-state index in [-0.39, 0.29) is 18.4 Å². The van der Waals surface area contributed by atoms with Crippen LogP contribution in [0.5, 0.6) is 5.75 Å². The van der Waals surface area contributed by atoms with Crippen LogP contribution in [0.4, 0.5) is 0 Å². The number of aromatic hydroxyl groups is 1. The molecule has 0 radical (unpaired) electrons. The average Bonchev–Trinajstić information content (AvgIpc) is 2.35. The Morgan fingerprint density at radius 1 is 1.22 bits per heavy atom. The Hall–Kier alpha value is -0.770. The molecule has 1 fully saturated rings. The first kappa shape index (κ1) is 15.3. The van der Waals surface area contributed by atoms with Crippen molar-refractivity contribution < 1.29 is 9.84 Å². The minimum Gasteiger partial charge on any atom is -0.507 e. The van der Waals surface area contributed by atoms with Gasteiger partial charge in [0.05, 0.1) is 0 Å². The van der Waals surface area contributed by atoms with Gasteiger partial charge in [0.2, 0.25) is 0 Å². The Kier molecular flexibility index (Phi) is 5.45. The summed E-state index contributed by atoms with van der Waals surface area (Å²) >= 11 is 0. The maximum absolute atomic E-state index is 9.76. The van der Waals surface area contributed by atoms with E-state index in [0.29, 0.717) is 11.7 Å². The first-order chi connectivity index (χ1) is 8.09. The van der Waals surface area contributed by atoms with E-state index in [2.05, 4.69) is 0 Å². The van der Waals surface area contributed by atoms with E-state index in [4.69, 9.17) is 10.5 Å². The topological polar surface area (TPSA) is 55.5 Å². The minimum atomic E-state index is 0. The second-order valence-electron chi connectivity index (χ2n) is 4.98. The second-order valence-corrected chi connectivity index (χ2v) is 4.98. The van der Waals surface area contributed by atoms with Gasteiger partial charge in [-0.2, -0.15) is 0 Å². The Balaban J connectivity index is 0.00000162. The molecular weight excluding hydrogens is 250 g/mol. The number of hydrogen-bond donors (Lipinski definition) is 2. The van der Waals surface area contributed by atoms with Gasteiger partial charge in [0.15, 0.2) is 0 Å². The number of phenolic OH excluding ortho intramolecular Hbond substituents is 1. The van der Waals surface area contributed by atoms with Gasteiger partial charge in [0.1, 0.15) is 5.75 Å². The second kappa shape index (κ2) is 6.41. The highest BCUT2D eigenvalue weighted by Gasteiger charge is 2.23. The van der Waals surface area contributed by atoms with Crippen molar-refractivity contribution in [2.45, 2.75) is 32.7 Å². The van der Waals surface area contributed by atoms with Gasteiger partial charge in [-0.1, -0.05) is 12.1 Å². The molecule has 0 aliphatic carbocycles. The Labute approximate surface area is 115 Å². The predicted molar refractivity (Wildman–Crippen MR) is 75.3 cm³/mol. The first-order valence-corrected chi connectivity index (χ1v) is 6.23. The highest BCUT2D eigenvalue weighted by atomic mass is 35.5. The SMILES string of the molecule is Cc1cc([C@@H](N)C2CCOCC2)cc(C)c1O.Cl. The molecule has 0 unspecified atom stereocenters. The van der Waals surface area contributed by atoms with Crippen molar-refractivity contribution >= 4 is 12.4 Å². The van der Waals surface area contributed by atoms with Gasteiger partial charge in [0.25, 0.3) is 0 Å². The van der Waals surface area contributed by atoms with Crippen molar-refractivity contribution in [3.8, 4) is 5.75 Å². The lowest BCUT2D eigenvalue weighted by molar-refractivity contribution is 0.0583. The molecule has 2 rings (SSSR count). The zero-order valence-corrected chi connectivity index (χ0v) is 11.8. The summed E-state index contributed by atoms with van der Waals surface area (Å²) in [6.07, 6.45) is 2.06. The minimum absolute atomic E-state index is 0. The summed E-state index contributed by atoms with van der Waals surface area (Å²) in [6, 6.07) is 4.06. The smallest absolute Gasteiger partial charge is 0.121 e. The van der Waals surface area contributed by atoms with Gasteiger partial charge in [-0.3, -0.25) is 0 Å². The lowest BCUT2D eigenvalue weighted by Gasteiger charge is -2.28. The largest absolute Gasteiger partial charge is 0.507 e. The molecule has 3 N–H and O–H groups in total. The third-order valence-electron chi connectivity index (χ3n) is 3.67. The van der Waals surface area contributed by atoms with Gasteiger partial charge < -0.3 is 15.6 Å². The number of nitrogens with two attached hydrogens (primary N) is 1. The number of halogens is 1. The fourth-order valence-corrected chi connectivity index (χ4v) is 2.53. The maximum atomic E-state index is 9.76. The van der Waals surface area contributed by atoms with Crippen LogP contribution in [0.1, 0.15) is 35.6 Å². The molecule has 0 aromatic heterocycles. The van der Waals surface area contributed by atoms with Gasteiger partial charge in [-0.25, -0.2) is 0 Å². The van der Waals surface area contributed by atoms with Crippen LogP contribution < -0.4 is 5.73 Å². The Morgan fingerprint density at radius 2 is 1.72 bits per heavy atom. The normalized spacial score (nSPS) is 18.2. The lowest BCUT2D eigenvalue weighted by atomic mass is 9.86. The highest BCUT2D eigenvalue weighted by molar-refractivity contribution is 5.85. The van der Waals surface area contributed by atoms with Crippen molar-refractivity contribution in [3.05, 3.63) is 28.8 Å². The van der Waals surface area contributed by atoms with E-state index in [1.165, 1.54) is 0 Å². The van der Waals surface area contributed by atoms with Crippen molar-refractivity contribution in [2.24, 2.45) is 11.7 Å². The molecule has 0 spiro atoms. The van der Waals surface area contributed by atoms with Crippen LogP contribution in [-0.2, 0) is 4.74 Å². The molecule has 1 aromatic carbocycles. The summed E-state index contributed by atoms with van der Waals surface area (Å²) < 4.78 is 5.36. The van der Waals surface area contributed by atoms with E-state index >= 15 is 0 Å². The van der Waals surface area contributed by atoms with Crippen LogP contribution in [0.25, 0.3) is 0 Å². The van der Waals surface area contributed by atoms with E-state index in [1.807, 2.05) is 26.0 Å². The molecule has 1 aliphatic heterocycles. The molecule has 1 aromatic rings. The van der Waals surface area contributed by atoms with E-state index in [1.54, 1.807) is 0 Å². The van der Waals surface area contributed by atoms with Gasteiger partial charge in [0, 0.05) is 19.3 Å². The molecule has 0 saturated carbocycles. The number of phenols is 1. The lowest BCUT2D eigenvalue weighted by Crippen LogP contribution is -2.27. The molecular formula is C14H22ClNO2. The zero-order valence-electron chi connectivity index (χ0n) is 11.0. The molecule has 102 valence electrons. The fourth-order valence-electron chi connectivity index (χ4n) is 2.53. The predicted octanol–water partition coefficient (Wildman–Crippen LogP) is 2.86. The number of hydrogen-bond acceptors (Lipinski definition) is 3. The fraction of sp³-hybridized carbons (Fsp3) is 0.571. The van der Waals surface area contributed by atoms with E-state index < -0.39 is 0 Å². The molecule has 1 aliphatic rings. The molecule has 0 amide bonds. The van der Waals surface area contributed by atoms with Crippen LogP contribution in [-0.4, -0.2) is 18.3 Å². The van der Waals surface area contributed by atoms with Crippen molar-refractivity contribution in [1.82, 2.24) is 0 Å². The summed E-state index contributed by atoms with van der Waals surface area (Å²) in [6.45, 7) is 5.47. The maximum Gasteiger partial charge on any atom is 0.121 e. The van der Waals surface area contributed by atoms with Crippen LogP contribution in [0.3, 0.4) is 0 Å².